The van der Waals surface area contributed by atoms with Crippen LogP contribution in [0.2, 0.25) is 0 Å². The van der Waals surface area contributed by atoms with Gasteiger partial charge in [-0.05, 0) is 11.8 Å². The largest absolute Gasteiger partial charge is 0.467 e. The second-order valence-electron chi connectivity index (χ2n) is 6.36. The fraction of sp³-hybridized carbons (Fsp3) is 0.765. The summed E-state index contributed by atoms with van der Waals surface area (Å²) in [5, 5.41) is 15.6. The maximum absolute atomic E-state index is 12.5. The summed E-state index contributed by atoms with van der Waals surface area (Å²) in [5.41, 5.74) is 0. The summed E-state index contributed by atoms with van der Waals surface area (Å²) in [5.74, 6) is -0.879. The number of carbonyl (C=O) groups is 2. The number of hydrogen-bond acceptors (Lipinski definition) is 6. The molecule has 3 N–H and O–H groups in total. The lowest BCUT2D eigenvalue weighted by Gasteiger charge is -2.27. The Morgan fingerprint density at radius 2 is 1.75 bits per heavy atom. The van der Waals surface area contributed by atoms with Gasteiger partial charge in [0.1, 0.15) is 6.04 Å². The Morgan fingerprint density at radius 3 is 2.21 bits per heavy atom. The zero-order valence-electron chi connectivity index (χ0n) is 15.4. The first-order chi connectivity index (χ1) is 11.2. The average Bonchev–Trinajstić information content (AvgIpc) is 2.51. The Hall–Kier alpha value is -1.44. The Balaban J connectivity index is 4.65. The first kappa shape index (κ1) is 22.6. The molecule has 0 heterocycles. The molecule has 0 spiro atoms. The molecular formula is C17H32N2O5. The molecule has 0 aromatic rings. The van der Waals surface area contributed by atoms with Gasteiger partial charge in [0.25, 0.3) is 0 Å². The van der Waals surface area contributed by atoms with E-state index in [-0.39, 0.29) is 30.9 Å². The highest BCUT2D eigenvalue weighted by Gasteiger charge is 2.29. The van der Waals surface area contributed by atoms with Gasteiger partial charge in [0.2, 0.25) is 5.91 Å². The molecule has 3 atom stereocenters. The SMILES string of the molecule is C=CCOCC(O)CNC(C(=O)NC(C(=O)OC)C(C)C)C(C)C. The van der Waals surface area contributed by atoms with Crippen molar-refractivity contribution in [2.75, 3.05) is 26.9 Å². The van der Waals surface area contributed by atoms with E-state index in [0.29, 0.717) is 6.61 Å². The monoisotopic (exact) mass is 344 g/mol. The molecule has 3 unspecified atom stereocenters. The van der Waals surface area contributed by atoms with Gasteiger partial charge in [0.05, 0.1) is 32.5 Å². The molecule has 0 aliphatic rings. The van der Waals surface area contributed by atoms with Crippen molar-refractivity contribution in [1.82, 2.24) is 10.6 Å². The molecule has 0 bridgehead atoms. The van der Waals surface area contributed by atoms with Gasteiger partial charge in [0.15, 0.2) is 0 Å². The lowest BCUT2D eigenvalue weighted by Crippen LogP contribution is -2.55. The number of amides is 1. The van der Waals surface area contributed by atoms with E-state index in [1.165, 1.54) is 7.11 Å². The van der Waals surface area contributed by atoms with Gasteiger partial charge in [-0.1, -0.05) is 33.8 Å². The van der Waals surface area contributed by atoms with E-state index in [1.54, 1.807) is 6.08 Å². The topological polar surface area (TPSA) is 96.9 Å². The first-order valence-electron chi connectivity index (χ1n) is 8.22. The van der Waals surface area contributed by atoms with E-state index in [1.807, 2.05) is 27.7 Å². The predicted molar refractivity (Wildman–Crippen MR) is 92.4 cm³/mol. The zero-order chi connectivity index (χ0) is 18.7. The maximum atomic E-state index is 12.5. The summed E-state index contributed by atoms with van der Waals surface area (Å²) in [6.45, 7) is 11.7. The number of aliphatic hydroxyl groups excluding tert-OH is 1. The molecule has 0 aromatic carbocycles. The highest BCUT2D eigenvalue weighted by atomic mass is 16.5. The van der Waals surface area contributed by atoms with Gasteiger partial charge in [-0.15, -0.1) is 6.58 Å². The summed E-state index contributed by atoms with van der Waals surface area (Å²) in [6.07, 6.45) is 0.865. The minimum absolute atomic E-state index is 0.0169. The lowest BCUT2D eigenvalue weighted by molar-refractivity contribution is -0.146. The van der Waals surface area contributed by atoms with Crippen LogP contribution in [-0.4, -0.2) is 62.0 Å². The molecule has 0 aromatic heterocycles. The molecule has 0 saturated heterocycles. The van der Waals surface area contributed by atoms with Crippen molar-refractivity contribution in [2.45, 2.75) is 45.9 Å². The van der Waals surface area contributed by atoms with Crippen LogP contribution in [0.5, 0.6) is 0 Å². The number of nitrogens with one attached hydrogen (secondary N) is 2. The molecule has 0 saturated carbocycles. The Kier molecular flexibility index (Phi) is 11.3. The summed E-state index contributed by atoms with van der Waals surface area (Å²) < 4.78 is 9.90. The number of ether oxygens (including phenoxy) is 2. The van der Waals surface area contributed by atoms with E-state index >= 15 is 0 Å². The summed E-state index contributed by atoms with van der Waals surface area (Å²) >= 11 is 0. The van der Waals surface area contributed by atoms with Crippen molar-refractivity contribution in [3.63, 3.8) is 0 Å². The van der Waals surface area contributed by atoms with Crippen LogP contribution in [-0.2, 0) is 19.1 Å². The third-order valence-corrected chi connectivity index (χ3v) is 3.49. The fourth-order valence-electron chi connectivity index (χ4n) is 2.11. The van der Waals surface area contributed by atoms with Crippen molar-refractivity contribution < 1.29 is 24.2 Å². The average molecular weight is 344 g/mol. The van der Waals surface area contributed by atoms with Crippen molar-refractivity contribution in [1.29, 1.82) is 0 Å². The first-order valence-corrected chi connectivity index (χ1v) is 8.22. The summed E-state index contributed by atoms with van der Waals surface area (Å²) in [7, 11) is 1.29. The second-order valence-corrected chi connectivity index (χ2v) is 6.36. The van der Waals surface area contributed by atoms with Gasteiger partial charge >= 0.3 is 5.97 Å². The highest BCUT2D eigenvalue weighted by molar-refractivity contribution is 5.87. The molecule has 0 aliphatic heterocycles. The van der Waals surface area contributed by atoms with Gasteiger partial charge in [-0.3, -0.25) is 4.79 Å². The van der Waals surface area contributed by atoms with E-state index in [9.17, 15) is 14.7 Å². The van der Waals surface area contributed by atoms with Crippen LogP contribution in [0.3, 0.4) is 0 Å². The van der Waals surface area contributed by atoms with E-state index in [2.05, 4.69) is 17.2 Å². The molecule has 0 aliphatic carbocycles. The summed E-state index contributed by atoms with van der Waals surface area (Å²) in [6, 6.07) is -1.24. The normalized spacial score (nSPS) is 15.0. The molecule has 7 nitrogen and oxygen atoms in total. The highest BCUT2D eigenvalue weighted by Crippen LogP contribution is 2.07. The van der Waals surface area contributed by atoms with Crippen LogP contribution in [0, 0.1) is 11.8 Å². The Labute approximate surface area is 144 Å². The van der Waals surface area contributed by atoms with E-state index < -0.39 is 24.2 Å². The van der Waals surface area contributed by atoms with Gasteiger partial charge in [-0.2, -0.15) is 0 Å². The molecule has 0 radical (unpaired) electrons. The number of carbonyl (C=O) groups excluding carboxylic acids is 2. The van der Waals surface area contributed by atoms with E-state index in [4.69, 9.17) is 9.47 Å². The number of esters is 1. The van der Waals surface area contributed by atoms with Crippen molar-refractivity contribution >= 4 is 11.9 Å². The number of aliphatic hydroxyl groups is 1. The summed E-state index contributed by atoms with van der Waals surface area (Å²) in [4.78, 5) is 24.3. The second kappa shape index (κ2) is 12.0. The van der Waals surface area contributed by atoms with Crippen molar-refractivity contribution in [2.24, 2.45) is 11.8 Å². The minimum atomic E-state index is -0.736. The van der Waals surface area contributed by atoms with Crippen LogP contribution in [0.15, 0.2) is 12.7 Å². The molecular weight excluding hydrogens is 312 g/mol. The Bertz CT molecular complexity index is 398. The van der Waals surface area contributed by atoms with Crippen LogP contribution in [0.4, 0.5) is 0 Å². The van der Waals surface area contributed by atoms with Gasteiger partial charge in [-0.25, -0.2) is 4.79 Å². The third kappa shape index (κ3) is 8.42. The van der Waals surface area contributed by atoms with Gasteiger partial charge in [0, 0.05) is 6.54 Å². The Morgan fingerprint density at radius 1 is 1.17 bits per heavy atom. The van der Waals surface area contributed by atoms with Crippen LogP contribution < -0.4 is 10.6 Å². The number of methoxy groups -OCH3 is 1. The minimum Gasteiger partial charge on any atom is -0.467 e. The quantitative estimate of drug-likeness (QED) is 0.271. The van der Waals surface area contributed by atoms with Crippen molar-refractivity contribution in [3.05, 3.63) is 12.7 Å². The smallest absolute Gasteiger partial charge is 0.328 e. The van der Waals surface area contributed by atoms with Crippen LogP contribution in [0.25, 0.3) is 0 Å². The maximum Gasteiger partial charge on any atom is 0.328 e. The van der Waals surface area contributed by atoms with Gasteiger partial charge < -0.3 is 25.2 Å². The molecule has 7 heteroatoms. The zero-order valence-corrected chi connectivity index (χ0v) is 15.4. The number of rotatable bonds is 12. The molecule has 140 valence electrons. The molecule has 24 heavy (non-hydrogen) atoms. The predicted octanol–water partition coefficient (Wildman–Crippen LogP) is 0.478. The molecule has 1 amide bonds. The lowest BCUT2D eigenvalue weighted by atomic mass is 10.00. The van der Waals surface area contributed by atoms with Crippen LogP contribution in [0.1, 0.15) is 27.7 Å². The van der Waals surface area contributed by atoms with E-state index in [0.717, 1.165) is 0 Å². The van der Waals surface area contributed by atoms with Crippen LogP contribution >= 0.6 is 0 Å². The standard InChI is InChI=1S/C17H32N2O5/c1-7-8-24-10-13(20)9-18-14(11(2)3)16(21)19-15(12(4)5)17(22)23-6/h7,11-15,18,20H,1,8-10H2,2-6H3,(H,19,21). The molecule has 0 rings (SSSR count). The number of hydrogen-bond donors (Lipinski definition) is 3. The fourth-order valence-corrected chi connectivity index (χ4v) is 2.11. The third-order valence-electron chi connectivity index (χ3n) is 3.49. The van der Waals surface area contributed by atoms with Crippen molar-refractivity contribution in [3.8, 4) is 0 Å². The molecule has 0 fully saturated rings.